The monoisotopic (exact) mass is 666 g/mol. The highest BCUT2D eigenvalue weighted by Gasteiger charge is 2.31. The lowest BCUT2D eigenvalue weighted by atomic mass is 10.1. The van der Waals surface area contributed by atoms with Gasteiger partial charge in [-0.15, -0.1) is 12.4 Å². The van der Waals surface area contributed by atoms with Crippen LogP contribution in [0.3, 0.4) is 0 Å². The minimum Gasteiger partial charge on any atom is -0.388 e. The van der Waals surface area contributed by atoms with E-state index >= 15 is 0 Å². The van der Waals surface area contributed by atoms with Crippen molar-refractivity contribution >= 4 is 71.0 Å². The Morgan fingerprint density at radius 1 is 0.894 bits per heavy atom. The number of benzene rings is 1. The smallest absolute Gasteiger partial charge is 0.282 e. The summed E-state index contributed by atoms with van der Waals surface area (Å²) in [4.78, 5) is 75.8. The summed E-state index contributed by atoms with van der Waals surface area (Å²) in [6, 6.07) is 8.84. The van der Waals surface area contributed by atoms with Gasteiger partial charge in [0, 0.05) is 70.4 Å². The van der Waals surface area contributed by atoms with E-state index in [4.69, 9.17) is 11.1 Å². The van der Waals surface area contributed by atoms with Crippen LogP contribution in [0.25, 0.3) is 0 Å². The third-order valence-electron chi connectivity index (χ3n) is 6.84. The molecule has 0 aliphatic rings. The lowest BCUT2D eigenvalue weighted by Gasteiger charge is -2.20. The highest BCUT2D eigenvalue weighted by molar-refractivity contribution is 6.26. The number of nitrogens with one attached hydrogen (secondary N) is 4. The first-order valence-electron chi connectivity index (χ1n) is 13.6. The first-order valence-corrected chi connectivity index (χ1v) is 13.6. The van der Waals surface area contributed by atoms with Gasteiger partial charge in [-0.25, -0.2) is 4.90 Å². The number of non-ortho nitro benzene ring substituents is 1. The van der Waals surface area contributed by atoms with Gasteiger partial charge >= 0.3 is 0 Å². The summed E-state index contributed by atoms with van der Waals surface area (Å²) in [5.74, 6) is -2.84. The van der Waals surface area contributed by atoms with Gasteiger partial charge in [-0.3, -0.25) is 39.5 Å². The maximum absolute atomic E-state index is 14.1. The molecule has 17 nitrogen and oxygen atoms in total. The second kappa shape index (κ2) is 14.7. The maximum Gasteiger partial charge on any atom is 0.282 e. The zero-order chi connectivity index (χ0) is 33.7. The van der Waals surface area contributed by atoms with Gasteiger partial charge in [-0.2, -0.15) is 0 Å². The molecule has 0 atom stereocenters. The number of carbonyl (C=O) groups excluding carboxylic acids is 5. The van der Waals surface area contributed by atoms with Crippen LogP contribution in [0, 0.1) is 15.5 Å². The minimum absolute atomic E-state index is 0. The molecule has 0 saturated heterocycles. The molecule has 5 amide bonds. The van der Waals surface area contributed by atoms with Crippen LogP contribution in [0.15, 0.2) is 61.1 Å². The summed E-state index contributed by atoms with van der Waals surface area (Å²) in [5.41, 5.74) is 6.01. The fraction of sp³-hybridized carbons (Fsp3) is 0.172. The molecule has 1 aromatic carbocycles. The molecule has 0 spiro atoms. The molecule has 3 heterocycles. The molecule has 0 saturated carbocycles. The Balaban J connectivity index is 0.00000600. The molecule has 4 rings (SSSR count). The van der Waals surface area contributed by atoms with E-state index in [1.807, 2.05) is 0 Å². The molecule has 6 N–H and O–H groups in total. The summed E-state index contributed by atoms with van der Waals surface area (Å²) in [6.45, 7) is 0.0918. The number of anilines is 3. The molecular formula is C29H31ClN10O7. The quantitative estimate of drug-likeness (QED) is 0.0375. The van der Waals surface area contributed by atoms with Gasteiger partial charge in [-0.1, -0.05) is 0 Å². The topological polar surface area (TPSA) is 232 Å². The van der Waals surface area contributed by atoms with Crippen molar-refractivity contribution < 1.29 is 28.9 Å². The SMILES string of the molecule is Cl.Cn1cc(N(C(=O)c2ccc([N+](=O)[O-])cc2)C(=O)c2cc(NC(=O)c3cc(NC=O)cn3C)cn2C)cc1C(=O)NCCC(=N)N. The summed E-state index contributed by atoms with van der Waals surface area (Å²) < 4.78 is 4.31. The maximum atomic E-state index is 14.1. The van der Waals surface area contributed by atoms with E-state index in [-0.39, 0.29) is 70.9 Å². The van der Waals surface area contributed by atoms with Gasteiger partial charge < -0.3 is 35.4 Å². The van der Waals surface area contributed by atoms with Crippen molar-refractivity contribution in [1.82, 2.24) is 19.0 Å². The third kappa shape index (κ3) is 7.90. The number of amidine groups is 1. The van der Waals surface area contributed by atoms with Gasteiger partial charge in [0.15, 0.2) is 0 Å². The van der Waals surface area contributed by atoms with Crippen LogP contribution >= 0.6 is 12.4 Å². The number of rotatable bonds is 12. The van der Waals surface area contributed by atoms with Crippen LogP contribution < -0.4 is 26.6 Å². The van der Waals surface area contributed by atoms with Crippen LogP contribution in [0.1, 0.15) is 48.2 Å². The van der Waals surface area contributed by atoms with Gasteiger partial charge in [-0.05, 0) is 30.3 Å². The van der Waals surface area contributed by atoms with E-state index in [0.29, 0.717) is 12.1 Å². The van der Waals surface area contributed by atoms with Crippen LogP contribution in [0.5, 0.6) is 0 Å². The molecular weight excluding hydrogens is 636 g/mol. The molecule has 246 valence electrons. The van der Waals surface area contributed by atoms with E-state index in [2.05, 4.69) is 16.0 Å². The van der Waals surface area contributed by atoms with Crippen molar-refractivity contribution in [2.45, 2.75) is 6.42 Å². The van der Waals surface area contributed by atoms with Crippen LogP contribution in [0.4, 0.5) is 22.7 Å². The summed E-state index contributed by atoms with van der Waals surface area (Å²) in [5, 5.41) is 26.2. The summed E-state index contributed by atoms with van der Waals surface area (Å²) in [6.07, 6.45) is 5.01. The number of nitrogens with two attached hydrogens (primary N) is 1. The fourth-order valence-corrected chi connectivity index (χ4v) is 4.57. The number of carbonyl (C=O) groups is 5. The average Bonchev–Trinajstić information content (AvgIpc) is 3.68. The molecule has 0 aliphatic carbocycles. The number of aryl methyl sites for hydroxylation is 3. The van der Waals surface area contributed by atoms with E-state index in [1.54, 1.807) is 13.2 Å². The Kier molecular flexibility index (Phi) is 11.0. The molecule has 0 fully saturated rings. The Morgan fingerprint density at radius 3 is 2.09 bits per heavy atom. The zero-order valence-corrected chi connectivity index (χ0v) is 26.2. The van der Waals surface area contributed by atoms with E-state index in [9.17, 15) is 34.1 Å². The summed E-state index contributed by atoms with van der Waals surface area (Å²) >= 11 is 0. The second-order valence-corrected chi connectivity index (χ2v) is 10.1. The Labute approximate surface area is 273 Å². The number of nitro groups is 1. The van der Waals surface area contributed by atoms with Crippen molar-refractivity contribution in [3.8, 4) is 0 Å². The molecule has 0 aliphatic heterocycles. The number of imide groups is 1. The lowest BCUT2D eigenvalue weighted by Crippen LogP contribution is -2.37. The number of hydrogen-bond acceptors (Lipinski definition) is 8. The number of amides is 5. The molecule has 18 heteroatoms. The van der Waals surface area contributed by atoms with Gasteiger partial charge in [0.2, 0.25) is 6.41 Å². The highest BCUT2D eigenvalue weighted by atomic mass is 35.5. The second-order valence-electron chi connectivity index (χ2n) is 10.1. The molecule has 47 heavy (non-hydrogen) atoms. The van der Waals surface area contributed by atoms with Crippen molar-refractivity contribution in [3.05, 3.63) is 93.8 Å². The molecule has 4 aromatic rings. The lowest BCUT2D eigenvalue weighted by molar-refractivity contribution is -0.384. The third-order valence-corrected chi connectivity index (χ3v) is 6.84. The molecule has 0 radical (unpaired) electrons. The van der Waals surface area contributed by atoms with Crippen LogP contribution in [0.2, 0.25) is 0 Å². The Morgan fingerprint density at radius 2 is 1.47 bits per heavy atom. The van der Waals surface area contributed by atoms with Crippen LogP contribution in [-0.2, 0) is 25.9 Å². The van der Waals surface area contributed by atoms with Crippen molar-refractivity contribution in [1.29, 1.82) is 5.41 Å². The van der Waals surface area contributed by atoms with Crippen LogP contribution in [-0.4, -0.2) is 61.0 Å². The standard InChI is InChI=1S/C29H30N10O7.ClH/c1-35-13-18(33-16-40)10-22(35)27(42)34-19-11-24(36(2)14-19)29(44)38(28(43)17-4-6-20(7-5-17)39(45)46)21-12-23(37(3)15-21)26(41)32-9-8-25(30)31;/h4-7,10-16H,8-9H2,1-3H3,(H3,30,31)(H,32,41)(H,33,40)(H,34,42);1H. The number of aromatic nitrogens is 3. The average molecular weight is 667 g/mol. The van der Waals surface area contributed by atoms with Gasteiger partial charge in [0.25, 0.3) is 29.3 Å². The minimum atomic E-state index is -0.833. The number of nitro benzene ring substituents is 1. The molecule has 0 unspecified atom stereocenters. The number of nitrogens with zero attached hydrogens (tertiary/aromatic N) is 5. The highest BCUT2D eigenvalue weighted by Crippen LogP contribution is 2.26. The normalized spacial score (nSPS) is 10.4. The van der Waals surface area contributed by atoms with Crippen molar-refractivity contribution in [2.24, 2.45) is 26.9 Å². The van der Waals surface area contributed by atoms with E-state index in [0.717, 1.165) is 17.0 Å². The fourth-order valence-electron chi connectivity index (χ4n) is 4.57. The van der Waals surface area contributed by atoms with E-state index in [1.165, 1.54) is 70.5 Å². The van der Waals surface area contributed by atoms with E-state index < -0.39 is 28.6 Å². The summed E-state index contributed by atoms with van der Waals surface area (Å²) in [7, 11) is 4.69. The van der Waals surface area contributed by atoms with Gasteiger partial charge in [0.1, 0.15) is 17.1 Å². The molecule has 3 aromatic heterocycles. The predicted molar refractivity (Wildman–Crippen MR) is 174 cm³/mol. The Bertz CT molecular complexity index is 1870. The largest absolute Gasteiger partial charge is 0.388 e. The number of hydrogen-bond donors (Lipinski definition) is 5. The predicted octanol–water partition coefficient (Wildman–Crippen LogP) is 2.40. The van der Waals surface area contributed by atoms with Crippen molar-refractivity contribution in [2.75, 3.05) is 22.1 Å². The first kappa shape index (κ1) is 35.3. The zero-order valence-electron chi connectivity index (χ0n) is 25.3. The Hall–Kier alpha value is -6.23. The van der Waals surface area contributed by atoms with Crippen molar-refractivity contribution in [3.63, 3.8) is 0 Å². The molecule has 0 bridgehead atoms. The first-order chi connectivity index (χ1) is 21.8. The number of halogens is 1. The van der Waals surface area contributed by atoms with Gasteiger partial charge in [0.05, 0.1) is 27.8 Å².